The molecule has 7 atom stereocenters. The first-order valence-corrected chi connectivity index (χ1v) is 12.1. The van der Waals surface area contributed by atoms with E-state index in [0.29, 0.717) is 6.42 Å². The SMILES string of the molecule is CCCO[C@H](O[C@@H]1O[C@H](COC(C)=O)[C@@H](OC(C)=O)[C@H](OC(C)=O)[C@H]1OC(C)=O)[C@]1(Br)CCOC1=O. The van der Waals surface area contributed by atoms with Crippen LogP contribution in [0.1, 0.15) is 47.5 Å². The highest BCUT2D eigenvalue weighted by atomic mass is 79.9. The van der Waals surface area contributed by atoms with E-state index in [2.05, 4.69) is 15.9 Å². The number of halogens is 1. The van der Waals surface area contributed by atoms with E-state index in [9.17, 15) is 24.0 Å². The molecule has 0 aromatic carbocycles. The van der Waals surface area contributed by atoms with Crippen molar-refractivity contribution in [1.82, 2.24) is 0 Å². The third-order valence-corrected chi connectivity index (χ3v) is 6.19. The average molecular weight is 583 g/mol. The summed E-state index contributed by atoms with van der Waals surface area (Å²) in [7, 11) is 0. The molecule has 2 aliphatic rings. The summed E-state index contributed by atoms with van der Waals surface area (Å²) in [6, 6.07) is 0. The van der Waals surface area contributed by atoms with Gasteiger partial charge in [-0.25, -0.2) is 0 Å². The van der Waals surface area contributed by atoms with Crippen LogP contribution in [-0.4, -0.2) is 91.0 Å². The largest absolute Gasteiger partial charge is 0.464 e. The molecule has 0 spiro atoms. The molecule has 204 valence electrons. The van der Waals surface area contributed by atoms with Gasteiger partial charge in [0.1, 0.15) is 12.7 Å². The second kappa shape index (κ2) is 13.3. The topological polar surface area (TPSA) is 159 Å². The fourth-order valence-corrected chi connectivity index (χ4v) is 4.17. The molecule has 0 aromatic rings. The average Bonchev–Trinajstić information content (AvgIpc) is 3.11. The predicted octanol–water partition coefficient (Wildman–Crippen LogP) is 0.919. The smallest absolute Gasteiger partial charge is 0.328 e. The Morgan fingerprint density at radius 1 is 0.972 bits per heavy atom. The van der Waals surface area contributed by atoms with Crippen LogP contribution in [0.5, 0.6) is 0 Å². The van der Waals surface area contributed by atoms with Crippen molar-refractivity contribution in [1.29, 1.82) is 0 Å². The van der Waals surface area contributed by atoms with Gasteiger partial charge in [0, 0.05) is 40.7 Å². The first-order valence-electron chi connectivity index (χ1n) is 11.3. The Kier molecular flexibility index (Phi) is 11.1. The summed E-state index contributed by atoms with van der Waals surface area (Å²) >= 11 is 3.36. The summed E-state index contributed by atoms with van der Waals surface area (Å²) in [6.45, 7) is 6.23. The lowest BCUT2D eigenvalue weighted by molar-refractivity contribution is -0.342. The van der Waals surface area contributed by atoms with Crippen molar-refractivity contribution in [2.75, 3.05) is 19.8 Å². The third-order valence-electron chi connectivity index (χ3n) is 5.09. The molecule has 0 saturated carbocycles. The maximum atomic E-state index is 12.5. The second-order valence-corrected chi connectivity index (χ2v) is 9.57. The highest BCUT2D eigenvalue weighted by molar-refractivity contribution is 9.10. The van der Waals surface area contributed by atoms with Crippen LogP contribution in [0.3, 0.4) is 0 Å². The Balaban J connectivity index is 2.49. The minimum absolute atomic E-state index is 0.109. The molecule has 2 fully saturated rings. The van der Waals surface area contributed by atoms with Gasteiger partial charge in [-0.15, -0.1) is 0 Å². The Bertz CT molecular complexity index is 833. The zero-order chi connectivity index (χ0) is 27.0. The lowest BCUT2D eigenvalue weighted by Crippen LogP contribution is -2.64. The van der Waals surface area contributed by atoms with Gasteiger partial charge in [-0.3, -0.25) is 24.0 Å². The molecule has 0 aliphatic carbocycles. The highest BCUT2D eigenvalue weighted by Gasteiger charge is 2.57. The molecule has 2 aliphatic heterocycles. The molecule has 2 saturated heterocycles. The molecule has 0 bridgehead atoms. The predicted molar refractivity (Wildman–Crippen MR) is 120 cm³/mol. The van der Waals surface area contributed by atoms with Crippen LogP contribution >= 0.6 is 15.9 Å². The van der Waals surface area contributed by atoms with E-state index in [4.69, 9.17) is 37.9 Å². The number of carbonyl (C=O) groups is 5. The van der Waals surface area contributed by atoms with Crippen LogP contribution in [-0.2, 0) is 61.9 Å². The summed E-state index contributed by atoms with van der Waals surface area (Å²) in [6.07, 6.45) is -7.41. The second-order valence-electron chi connectivity index (χ2n) is 8.15. The van der Waals surface area contributed by atoms with Crippen molar-refractivity contribution in [2.45, 2.75) is 88.8 Å². The van der Waals surface area contributed by atoms with Gasteiger partial charge in [0.05, 0.1) is 6.61 Å². The van der Waals surface area contributed by atoms with Gasteiger partial charge in [0.25, 0.3) is 0 Å². The lowest BCUT2D eigenvalue weighted by atomic mass is 9.98. The normalized spacial score (nSPS) is 30.6. The fourth-order valence-electron chi connectivity index (χ4n) is 3.65. The molecule has 0 N–H and O–H groups in total. The van der Waals surface area contributed by atoms with Crippen LogP contribution in [0.15, 0.2) is 0 Å². The Hall–Kier alpha value is -2.29. The van der Waals surface area contributed by atoms with Gasteiger partial charge in [0.15, 0.2) is 28.9 Å². The van der Waals surface area contributed by atoms with E-state index in [-0.39, 0.29) is 19.6 Å². The van der Waals surface area contributed by atoms with Crippen molar-refractivity contribution in [2.24, 2.45) is 0 Å². The van der Waals surface area contributed by atoms with Crippen molar-refractivity contribution in [3.8, 4) is 0 Å². The molecular formula is C22H31BrO13. The van der Waals surface area contributed by atoms with Gasteiger partial charge >= 0.3 is 29.8 Å². The van der Waals surface area contributed by atoms with Gasteiger partial charge in [-0.05, 0) is 6.42 Å². The van der Waals surface area contributed by atoms with Crippen molar-refractivity contribution < 1.29 is 61.9 Å². The zero-order valence-corrected chi connectivity index (χ0v) is 22.3. The maximum Gasteiger partial charge on any atom is 0.328 e. The summed E-state index contributed by atoms with van der Waals surface area (Å²) in [5.74, 6) is -3.60. The molecule has 0 aromatic heterocycles. The first-order chi connectivity index (χ1) is 16.9. The van der Waals surface area contributed by atoms with Crippen LogP contribution in [0.2, 0.25) is 0 Å². The standard InChI is InChI=1S/C22H31BrO13/c1-6-8-30-21(22(23)7-9-29-20(22)28)36-19-18(34-14(5)27)17(33-13(4)26)16(32-12(3)25)15(35-19)10-31-11(2)24/h15-19,21H,6-10H2,1-5H3/t15-,16-,17+,18-,19+,21-,22+/m1/s1. The van der Waals surface area contributed by atoms with E-state index in [1.807, 2.05) is 6.92 Å². The van der Waals surface area contributed by atoms with E-state index in [1.165, 1.54) is 0 Å². The monoisotopic (exact) mass is 582 g/mol. The van der Waals surface area contributed by atoms with Crippen molar-refractivity contribution in [3.63, 3.8) is 0 Å². The summed E-state index contributed by atoms with van der Waals surface area (Å²) < 4.78 is 42.5. The zero-order valence-electron chi connectivity index (χ0n) is 20.7. The molecule has 0 amide bonds. The first kappa shape index (κ1) is 29.9. The number of hydrogen-bond acceptors (Lipinski definition) is 13. The van der Waals surface area contributed by atoms with E-state index < -0.39 is 77.8 Å². The van der Waals surface area contributed by atoms with Gasteiger partial charge in [0.2, 0.25) is 6.29 Å². The summed E-state index contributed by atoms with van der Waals surface area (Å²) in [4.78, 5) is 59.7. The number of esters is 5. The van der Waals surface area contributed by atoms with Gasteiger partial charge < -0.3 is 37.9 Å². The maximum absolute atomic E-state index is 12.5. The molecule has 14 heteroatoms. The highest BCUT2D eigenvalue weighted by Crippen LogP contribution is 2.39. The summed E-state index contributed by atoms with van der Waals surface area (Å²) in [5.41, 5.74) is 0. The molecule has 36 heavy (non-hydrogen) atoms. The number of carbonyl (C=O) groups excluding carboxylic acids is 5. The minimum Gasteiger partial charge on any atom is -0.464 e. The minimum atomic E-state index is -1.50. The van der Waals surface area contributed by atoms with Crippen molar-refractivity contribution >= 4 is 45.8 Å². The van der Waals surface area contributed by atoms with Gasteiger partial charge in [-0.1, -0.05) is 22.9 Å². The molecule has 2 heterocycles. The molecule has 2 rings (SSSR count). The van der Waals surface area contributed by atoms with Crippen LogP contribution in [0, 0.1) is 0 Å². The summed E-state index contributed by atoms with van der Waals surface area (Å²) in [5, 5.41) is 0. The molecule has 0 unspecified atom stereocenters. The van der Waals surface area contributed by atoms with Crippen LogP contribution < -0.4 is 0 Å². The van der Waals surface area contributed by atoms with E-state index in [0.717, 1.165) is 27.7 Å². The lowest BCUT2D eigenvalue weighted by Gasteiger charge is -2.45. The van der Waals surface area contributed by atoms with E-state index >= 15 is 0 Å². The number of hydrogen-bond donors (Lipinski definition) is 0. The number of alkyl halides is 1. The number of ether oxygens (including phenoxy) is 8. The third kappa shape index (κ3) is 7.85. The fraction of sp³-hybridized carbons (Fsp3) is 0.773. The van der Waals surface area contributed by atoms with Gasteiger partial charge in [-0.2, -0.15) is 0 Å². The quantitative estimate of drug-likeness (QED) is 0.146. The van der Waals surface area contributed by atoms with Crippen LogP contribution in [0.25, 0.3) is 0 Å². The Morgan fingerprint density at radius 2 is 1.56 bits per heavy atom. The number of cyclic esters (lactones) is 1. The molecule has 13 nitrogen and oxygen atoms in total. The Morgan fingerprint density at radius 3 is 2.06 bits per heavy atom. The number of rotatable bonds is 11. The van der Waals surface area contributed by atoms with E-state index in [1.54, 1.807) is 0 Å². The Labute approximate surface area is 216 Å². The van der Waals surface area contributed by atoms with Crippen molar-refractivity contribution in [3.05, 3.63) is 0 Å². The van der Waals surface area contributed by atoms with Crippen LogP contribution in [0.4, 0.5) is 0 Å². The molecule has 0 radical (unpaired) electrons. The molecular weight excluding hydrogens is 552 g/mol.